The summed E-state index contributed by atoms with van der Waals surface area (Å²) in [7, 11) is 1.59. The summed E-state index contributed by atoms with van der Waals surface area (Å²) in [5.41, 5.74) is 2.93. The van der Waals surface area contributed by atoms with Gasteiger partial charge in [-0.05, 0) is 48.4 Å². The van der Waals surface area contributed by atoms with Crippen molar-refractivity contribution in [3.63, 3.8) is 0 Å². The number of ether oxygens (including phenoxy) is 1. The van der Waals surface area contributed by atoms with Crippen LogP contribution in [0, 0.1) is 0 Å². The molecule has 0 radical (unpaired) electrons. The van der Waals surface area contributed by atoms with Crippen LogP contribution in [-0.4, -0.2) is 39.8 Å². The largest absolute Gasteiger partial charge is 0.497 e. The number of hydrogen-bond donors (Lipinski definition) is 1. The van der Waals surface area contributed by atoms with E-state index in [9.17, 15) is 9.59 Å². The van der Waals surface area contributed by atoms with Crippen molar-refractivity contribution in [2.45, 2.75) is 31.7 Å². The molecule has 4 rings (SSSR count). The van der Waals surface area contributed by atoms with E-state index in [2.05, 4.69) is 10.1 Å². The molecule has 170 valence electrons. The maximum absolute atomic E-state index is 13.0. The Kier molecular flexibility index (Phi) is 6.81. The SMILES string of the molecule is COc1ccc2nc(Cl)c([C@H]3CC(c4ccc(Cl)cc4)=NN3C(=O)CCCC(=O)O)cc2c1. The summed E-state index contributed by atoms with van der Waals surface area (Å²) in [5, 5.41) is 16.6. The first-order valence-corrected chi connectivity index (χ1v) is 11.1. The predicted molar refractivity (Wildman–Crippen MR) is 127 cm³/mol. The van der Waals surface area contributed by atoms with Crippen LogP contribution in [0.15, 0.2) is 53.6 Å². The highest BCUT2D eigenvalue weighted by atomic mass is 35.5. The highest BCUT2D eigenvalue weighted by molar-refractivity contribution is 6.31. The zero-order valence-corrected chi connectivity index (χ0v) is 19.3. The number of amides is 1. The van der Waals surface area contributed by atoms with Crippen LogP contribution in [0.4, 0.5) is 0 Å². The average molecular weight is 486 g/mol. The molecule has 3 aromatic rings. The van der Waals surface area contributed by atoms with Gasteiger partial charge in [0, 0.05) is 35.2 Å². The van der Waals surface area contributed by atoms with E-state index >= 15 is 0 Å². The van der Waals surface area contributed by atoms with Crippen LogP contribution in [0.1, 0.15) is 42.9 Å². The van der Waals surface area contributed by atoms with Gasteiger partial charge < -0.3 is 9.84 Å². The lowest BCUT2D eigenvalue weighted by atomic mass is 9.98. The molecule has 1 amide bonds. The zero-order valence-electron chi connectivity index (χ0n) is 17.8. The third-order valence-electron chi connectivity index (χ3n) is 5.49. The first kappa shape index (κ1) is 23.0. The number of hydrazone groups is 1. The van der Waals surface area contributed by atoms with Crippen LogP contribution in [-0.2, 0) is 9.59 Å². The summed E-state index contributed by atoms with van der Waals surface area (Å²) in [6, 6.07) is 14.1. The second-order valence-electron chi connectivity index (χ2n) is 7.69. The lowest BCUT2D eigenvalue weighted by Crippen LogP contribution is -2.27. The number of aliphatic carboxylic acids is 1. The molecule has 1 N–H and O–H groups in total. The van der Waals surface area contributed by atoms with Crippen LogP contribution < -0.4 is 4.74 Å². The average Bonchev–Trinajstić information content (AvgIpc) is 3.23. The van der Waals surface area contributed by atoms with Gasteiger partial charge in [-0.2, -0.15) is 5.10 Å². The van der Waals surface area contributed by atoms with Crippen molar-refractivity contribution in [1.29, 1.82) is 0 Å². The number of carbonyl (C=O) groups is 2. The van der Waals surface area contributed by atoms with E-state index in [0.717, 1.165) is 10.9 Å². The number of aromatic nitrogens is 1. The Balaban J connectivity index is 1.71. The highest BCUT2D eigenvalue weighted by Gasteiger charge is 2.34. The van der Waals surface area contributed by atoms with E-state index in [-0.39, 0.29) is 30.3 Å². The van der Waals surface area contributed by atoms with E-state index in [4.69, 9.17) is 33.0 Å². The molecule has 1 aliphatic rings. The second-order valence-corrected chi connectivity index (χ2v) is 8.48. The molecule has 0 spiro atoms. The molecule has 9 heteroatoms. The predicted octanol–water partition coefficient (Wildman–Crippen LogP) is 5.48. The normalized spacial score (nSPS) is 15.5. The molecule has 1 aromatic heterocycles. The number of fused-ring (bicyclic) bond motifs is 1. The lowest BCUT2D eigenvalue weighted by molar-refractivity contribution is -0.137. The summed E-state index contributed by atoms with van der Waals surface area (Å²) >= 11 is 12.6. The molecular weight excluding hydrogens is 465 g/mol. The standard InChI is InChI=1S/C24H21Cl2N3O4/c1-33-17-9-10-19-15(11-17)12-18(24(26)27-19)21-13-20(14-5-7-16(25)8-6-14)28-29(21)22(30)3-2-4-23(31)32/h5-12,21H,2-4,13H2,1H3,(H,31,32)/t21-/m1/s1. The number of hydrogen-bond acceptors (Lipinski definition) is 5. The summed E-state index contributed by atoms with van der Waals surface area (Å²) in [5.74, 6) is -0.530. The Morgan fingerprint density at radius 3 is 2.58 bits per heavy atom. The highest BCUT2D eigenvalue weighted by Crippen LogP contribution is 2.38. The van der Waals surface area contributed by atoms with Gasteiger partial charge in [0.1, 0.15) is 10.9 Å². The molecule has 2 heterocycles. The van der Waals surface area contributed by atoms with E-state index < -0.39 is 12.0 Å². The van der Waals surface area contributed by atoms with Crippen LogP contribution in [0.25, 0.3) is 10.9 Å². The zero-order chi connectivity index (χ0) is 23.5. The quantitative estimate of drug-likeness (QED) is 0.447. The molecule has 0 saturated carbocycles. The van der Waals surface area contributed by atoms with Crippen LogP contribution in [0.3, 0.4) is 0 Å². The fourth-order valence-electron chi connectivity index (χ4n) is 3.81. The van der Waals surface area contributed by atoms with Crippen molar-refractivity contribution in [2.24, 2.45) is 5.10 Å². The van der Waals surface area contributed by atoms with E-state index in [1.165, 1.54) is 5.01 Å². The van der Waals surface area contributed by atoms with Gasteiger partial charge in [-0.15, -0.1) is 0 Å². The molecular formula is C24H21Cl2N3O4. The Labute approximate surface area is 200 Å². The Morgan fingerprint density at radius 2 is 1.88 bits per heavy atom. The van der Waals surface area contributed by atoms with E-state index in [1.807, 2.05) is 30.3 Å². The van der Waals surface area contributed by atoms with Gasteiger partial charge >= 0.3 is 5.97 Å². The molecule has 1 aliphatic heterocycles. The van der Waals surface area contributed by atoms with Crippen molar-refractivity contribution in [3.05, 3.63) is 69.8 Å². The van der Waals surface area contributed by atoms with Gasteiger partial charge in [0.15, 0.2) is 0 Å². The minimum atomic E-state index is -0.943. The maximum Gasteiger partial charge on any atom is 0.303 e. The number of nitrogens with zero attached hydrogens (tertiary/aromatic N) is 3. The fourth-order valence-corrected chi connectivity index (χ4v) is 4.21. The maximum atomic E-state index is 13.0. The first-order valence-electron chi connectivity index (χ1n) is 10.4. The molecule has 0 fully saturated rings. The summed E-state index contributed by atoms with van der Waals surface area (Å²) in [6.45, 7) is 0. The van der Waals surface area contributed by atoms with Crippen LogP contribution in [0.2, 0.25) is 10.2 Å². The summed E-state index contributed by atoms with van der Waals surface area (Å²) in [6.07, 6.45) is 0.635. The van der Waals surface area contributed by atoms with Gasteiger partial charge in [-0.3, -0.25) is 9.59 Å². The van der Waals surface area contributed by atoms with Crippen molar-refractivity contribution < 1.29 is 19.4 Å². The van der Waals surface area contributed by atoms with Gasteiger partial charge in [0.2, 0.25) is 5.91 Å². The summed E-state index contributed by atoms with van der Waals surface area (Å²) in [4.78, 5) is 28.4. The number of carbonyl (C=O) groups excluding carboxylic acids is 1. The molecule has 0 unspecified atom stereocenters. The first-order chi connectivity index (χ1) is 15.9. The number of carboxylic acids is 1. The summed E-state index contributed by atoms with van der Waals surface area (Å²) < 4.78 is 5.32. The molecule has 0 saturated heterocycles. The number of benzene rings is 2. The molecule has 33 heavy (non-hydrogen) atoms. The van der Waals surface area contributed by atoms with Crippen LogP contribution >= 0.6 is 23.2 Å². The molecule has 0 aliphatic carbocycles. The smallest absolute Gasteiger partial charge is 0.303 e. The molecule has 7 nitrogen and oxygen atoms in total. The van der Waals surface area contributed by atoms with Crippen molar-refractivity contribution in [3.8, 4) is 5.75 Å². The number of pyridine rings is 1. The number of halogens is 2. The third-order valence-corrected chi connectivity index (χ3v) is 6.04. The van der Waals surface area contributed by atoms with Gasteiger partial charge in [0.05, 0.1) is 24.4 Å². The Morgan fingerprint density at radius 1 is 1.12 bits per heavy atom. The Hall–Kier alpha value is -3.16. The third kappa shape index (κ3) is 5.10. The molecule has 0 bridgehead atoms. The van der Waals surface area contributed by atoms with Gasteiger partial charge in [-0.25, -0.2) is 9.99 Å². The minimum Gasteiger partial charge on any atom is -0.497 e. The van der Waals surface area contributed by atoms with E-state index in [0.29, 0.717) is 34.0 Å². The van der Waals surface area contributed by atoms with Crippen LogP contribution in [0.5, 0.6) is 5.75 Å². The van der Waals surface area contributed by atoms with Crippen molar-refractivity contribution in [1.82, 2.24) is 9.99 Å². The minimum absolute atomic E-state index is 0.0622. The number of methoxy groups -OCH3 is 1. The van der Waals surface area contributed by atoms with E-state index in [1.54, 1.807) is 25.3 Å². The second kappa shape index (κ2) is 9.77. The topological polar surface area (TPSA) is 92.1 Å². The van der Waals surface area contributed by atoms with Crippen molar-refractivity contribution in [2.75, 3.05) is 7.11 Å². The molecule has 2 aromatic carbocycles. The van der Waals surface area contributed by atoms with Crippen molar-refractivity contribution >= 4 is 51.7 Å². The van der Waals surface area contributed by atoms with Gasteiger partial charge in [0.25, 0.3) is 0 Å². The number of carboxylic acid groups (broad SMARTS) is 1. The fraction of sp³-hybridized carbons (Fsp3) is 0.250. The monoisotopic (exact) mass is 485 g/mol. The van der Waals surface area contributed by atoms with Gasteiger partial charge in [-0.1, -0.05) is 35.3 Å². The molecule has 1 atom stereocenters. The number of rotatable bonds is 7. The Bertz CT molecular complexity index is 1240. The lowest BCUT2D eigenvalue weighted by Gasteiger charge is -2.23.